The highest BCUT2D eigenvalue weighted by Gasteiger charge is 2.08. The summed E-state index contributed by atoms with van der Waals surface area (Å²) in [5, 5.41) is 6.41. The summed E-state index contributed by atoms with van der Waals surface area (Å²) in [6.45, 7) is 3.96. The minimum atomic E-state index is -0.290. The Labute approximate surface area is 140 Å². The van der Waals surface area contributed by atoms with Gasteiger partial charge in [-0.25, -0.2) is 9.37 Å². The molecule has 122 valence electrons. The van der Waals surface area contributed by atoms with Gasteiger partial charge in [-0.3, -0.25) is 0 Å². The molecule has 1 heterocycles. The van der Waals surface area contributed by atoms with Crippen molar-refractivity contribution in [1.82, 2.24) is 9.97 Å². The predicted octanol–water partition coefficient (Wildman–Crippen LogP) is 4.84. The third kappa shape index (κ3) is 4.07. The Morgan fingerprint density at radius 1 is 0.958 bits per heavy atom. The van der Waals surface area contributed by atoms with Gasteiger partial charge in [0.1, 0.15) is 11.6 Å². The van der Waals surface area contributed by atoms with Gasteiger partial charge in [0.2, 0.25) is 5.95 Å². The van der Waals surface area contributed by atoms with Crippen molar-refractivity contribution in [1.29, 1.82) is 0 Å². The fourth-order valence-electron chi connectivity index (χ4n) is 2.43. The molecule has 0 saturated heterocycles. The molecule has 0 saturated carbocycles. The molecule has 4 nitrogen and oxygen atoms in total. The highest BCUT2D eigenvalue weighted by molar-refractivity contribution is 5.57. The first-order valence-electron chi connectivity index (χ1n) is 7.80. The fraction of sp³-hybridized carbons (Fsp3) is 0.158. The van der Waals surface area contributed by atoms with Crippen molar-refractivity contribution < 1.29 is 4.39 Å². The number of rotatable bonds is 5. The van der Waals surface area contributed by atoms with Gasteiger partial charge in [-0.15, -0.1) is 0 Å². The fourth-order valence-corrected chi connectivity index (χ4v) is 2.43. The number of nitrogens with zero attached hydrogens (tertiary/aromatic N) is 2. The average molecular weight is 322 g/mol. The van der Waals surface area contributed by atoms with Gasteiger partial charge in [0.15, 0.2) is 0 Å². The molecule has 3 aromatic rings. The van der Waals surface area contributed by atoms with Gasteiger partial charge >= 0.3 is 0 Å². The predicted molar refractivity (Wildman–Crippen MR) is 94.9 cm³/mol. The maximum absolute atomic E-state index is 13.3. The zero-order valence-corrected chi connectivity index (χ0v) is 13.6. The molecule has 0 amide bonds. The van der Waals surface area contributed by atoms with Crippen LogP contribution in [-0.4, -0.2) is 9.97 Å². The number of halogens is 1. The molecule has 0 radical (unpaired) electrons. The zero-order valence-electron chi connectivity index (χ0n) is 13.6. The summed E-state index contributed by atoms with van der Waals surface area (Å²) in [7, 11) is 0. The van der Waals surface area contributed by atoms with Crippen LogP contribution in [0.5, 0.6) is 0 Å². The molecule has 0 aliphatic heterocycles. The number of benzene rings is 2. The molecule has 24 heavy (non-hydrogen) atoms. The van der Waals surface area contributed by atoms with Gasteiger partial charge in [-0.05, 0) is 37.6 Å². The first-order valence-corrected chi connectivity index (χ1v) is 7.80. The van der Waals surface area contributed by atoms with Crippen LogP contribution in [0.2, 0.25) is 0 Å². The minimum Gasteiger partial charge on any atom is -0.348 e. The van der Waals surface area contributed by atoms with E-state index >= 15 is 0 Å². The first-order chi connectivity index (χ1) is 11.6. The van der Waals surface area contributed by atoms with Crippen LogP contribution < -0.4 is 10.6 Å². The molecule has 0 fully saturated rings. The molecule has 2 N–H and O–H groups in total. The summed E-state index contributed by atoms with van der Waals surface area (Å²) in [4.78, 5) is 8.89. The minimum absolute atomic E-state index is 0.0787. The summed E-state index contributed by atoms with van der Waals surface area (Å²) in [5.74, 6) is 0.864. The topological polar surface area (TPSA) is 49.8 Å². The molecule has 0 aliphatic rings. The lowest BCUT2D eigenvalue weighted by Gasteiger charge is -2.15. The summed E-state index contributed by atoms with van der Waals surface area (Å²) in [6.07, 6.45) is 0. The van der Waals surface area contributed by atoms with Crippen LogP contribution in [0.1, 0.15) is 24.2 Å². The van der Waals surface area contributed by atoms with Gasteiger partial charge in [0.25, 0.3) is 0 Å². The molecule has 0 bridgehead atoms. The summed E-state index contributed by atoms with van der Waals surface area (Å²) in [6, 6.07) is 18.3. The third-order valence-corrected chi connectivity index (χ3v) is 3.60. The van der Waals surface area contributed by atoms with E-state index in [9.17, 15) is 4.39 Å². The largest absolute Gasteiger partial charge is 0.348 e. The van der Waals surface area contributed by atoms with E-state index in [0.717, 1.165) is 11.3 Å². The zero-order chi connectivity index (χ0) is 16.9. The van der Waals surface area contributed by atoms with E-state index in [0.29, 0.717) is 17.5 Å². The van der Waals surface area contributed by atoms with E-state index in [1.807, 2.05) is 31.2 Å². The van der Waals surface area contributed by atoms with Gasteiger partial charge in [-0.2, -0.15) is 4.98 Å². The third-order valence-electron chi connectivity index (χ3n) is 3.60. The molecule has 1 atom stereocenters. The van der Waals surface area contributed by atoms with E-state index < -0.39 is 0 Å². The van der Waals surface area contributed by atoms with Crippen LogP contribution in [0.25, 0.3) is 0 Å². The van der Waals surface area contributed by atoms with E-state index in [-0.39, 0.29) is 11.9 Å². The number of nitrogens with one attached hydrogen (secondary N) is 2. The van der Waals surface area contributed by atoms with Crippen LogP contribution in [0.4, 0.5) is 21.8 Å². The first kappa shape index (κ1) is 15.9. The number of aromatic nitrogens is 2. The maximum Gasteiger partial charge on any atom is 0.225 e. The number of anilines is 3. The second kappa shape index (κ2) is 7.08. The second-order valence-corrected chi connectivity index (χ2v) is 5.63. The molecule has 0 spiro atoms. The highest BCUT2D eigenvalue weighted by Crippen LogP contribution is 2.20. The highest BCUT2D eigenvalue weighted by atomic mass is 19.1. The Balaban J connectivity index is 1.79. The molecule has 5 heteroatoms. The van der Waals surface area contributed by atoms with Crippen molar-refractivity contribution in [3.05, 3.63) is 77.7 Å². The van der Waals surface area contributed by atoms with Crippen LogP contribution >= 0.6 is 0 Å². The van der Waals surface area contributed by atoms with Gasteiger partial charge in [0, 0.05) is 17.4 Å². The van der Waals surface area contributed by atoms with Gasteiger partial charge in [-0.1, -0.05) is 36.4 Å². The lowest BCUT2D eigenvalue weighted by Crippen LogP contribution is -2.10. The summed E-state index contributed by atoms with van der Waals surface area (Å²) in [5.41, 5.74) is 2.63. The van der Waals surface area contributed by atoms with Crippen molar-refractivity contribution in [2.24, 2.45) is 0 Å². The molecule has 3 rings (SSSR count). The summed E-state index contributed by atoms with van der Waals surface area (Å²) >= 11 is 0. The Morgan fingerprint density at radius 2 is 1.75 bits per heavy atom. The Hall–Kier alpha value is -2.95. The molecule has 1 aromatic heterocycles. The normalized spacial score (nSPS) is 11.8. The molecule has 2 aromatic carbocycles. The lowest BCUT2D eigenvalue weighted by atomic mass is 10.1. The quantitative estimate of drug-likeness (QED) is 0.705. The number of hydrogen-bond donors (Lipinski definition) is 2. The maximum atomic E-state index is 13.3. The van der Waals surface area contributed by atoms with Crippen LogP contribution in [0.3, 0.4) is 0 Å². The molecular weight excluding hydrogens is 303 g/mol. The van der Waals surface area contributed by atoms with Crippen molar-refractivity contribution >= 4 is 17.5 Å². The van der Waals surface area contributed by atoms with Gasteiger partial charge < -0.3 is 10.6 Å². The van der Waals surface area contributed by atoms with Crippen molar-refractivity contribution in [3.8, 4) is 0 Å². The Kier molecular flexibility index (Phi) is 4.70. The number of hydrogen-bond acceptors (Lipinski definition) is 4. The lowest BCUT2D eigenvalue weighted by molar-refractivity contribution is 0.628. The summed E-state index contributed by atoms with van der Waals surface area (Å²) < 4.78 is 13.3. The van der Waals surface area contributed by atoms with E-state index in [2.05, 4.69) is 39.7 Å². The molecule has 0 aliphatic carbocycles. The van der Waals surface area contributed by atoms with Crippen LogP contribution in [0, 0.1) is 12.7 Å². The van der Waals surface area contributed by atoms with Gasteiger partial charge in [0.05, 0.1) is 6.04 Å². The van der Waals surface area contributed by atoms with E-state index in [1.54, 1.807) is 12.1 Å². The van der Waals surface area contributed by atoms with E-state index in [1.165, 1.54) is 12.1 Å². The van der Waals surface area contributed by atoms with E-state index in [4.69, 9.17) is 0 Å². The molecular formula is C19H19FN4. The Morgan fingerprint density at radius 3 is 2.50 bits per heavy atom. The van der Waals surface area contributed by atoms with Crippen molar-refractivity contribution in [2.75, 3.05) is 10.6 Å². The van der Waals surface area contributed by atoms with Crippen LogP contribution in [-0.2, 0) is 0 Å². The smallest absolute Gasteiger partial charge is 0.225 e. The van der Waals surface area contributed by atoms with Crippen molar-refractivity contribution in [3.63, 3.8) is 0 Å². The van der Waals surface area contributed by atoms with Crippen molar-refractivity contribution in [2.45, 2.75) is 19.9 Å². The Bertz CT molecular complexity index is 821. The monoisotopic (exact) mass is 322 g/mol. The number of aryl methyl sites for hydroxylation is 1. The SMILES string of the molecule is Cc1cc(Nc2cccc(F)c2)nc(NC(C)c2ccccc2)n1. The standard InChI is InChI=1S/C19H19FN4/c1-13-11-18(23-17-10-6-9-16(20)12-17)24-19(21-13)22-14(2)15-7-4-3-5-8-15/h3-12,14H,1-2H3,(H2,21,22,23,24). The average Bonchev–Trinajstić information content (AvgIpc) is 2.55. The second-order valence-electron chi connectivity index (χ2n) is 5.63. The van der Waals surface area contributed by atoms with Crippen LogP contribution in [0.15, 0.2) is 60.7 Å². The molecule has 1 unspecified atom stereocenters.